The average molecular weight is 504 g/mol. The largest absolute Gasteiger partial charge is 0.496 e. The molecule has 1 heterocycles. The molecule has 0 bridgehead atoms. The van der Waals surface area contributed by atoms with E-state index in [2.05, 4.69) is 15.6 Å². The molecular formula is C27H25N3O3S2. The summed E-state index contributed by atoms with van der Waals surface area (Å²) in [6.45, 7) is 3.82. The van der Waals surface area contributed by atoms with Crippen molar-refractivity contribution in [1.82, 2.24) is 4.98 Å². The lowest BCUT2D eigenvalue weighted by molar-refractivity contribution is -0.115. The van der Waals surface area contributed by atoms with Crippen LogP contribution < -0.4 is 15.4 Å². The third-order valence-corrected chi connectivity index (χ3v) is 7.06. The SMILES string of the molecule is COc1ccccc1-c1csc(NC(=O)C(C)Sc2cccc(NC(=O)c3ccc(C)cc3)c2)n1. The van der Waals surface area contributed by atoms with Crippen molar-refractivity contribution in [3.05, 3.63) is 89.3 Å². The van der Waals surface area contributed by atoms with E-state index in [1.54, 1.807) is 19.2 Å². The molecule has 6 nitrogen and oxygen atoms in total. The molecule has 0 fully saturated rings. The van der Waals surface area contributed by atoms with Crippen LogP contribution in [-0.4, -0.2) is 29.2 Å². The second-order valence-electron chi connectivity index (χ2n) is 7.84. The molecule has 0 saturated carbocycles. The van der Waals surface area contributed by atoms with Crippen molar-refractivity contribution < 1.29 is 14.3 Å². The lowest BCUT2D eigenvalue weighted by atomic mass is 10.1. The number of nitrogens with zero attached hydrogens (tertiary/aromatic N) is 1. The lowest BCUT2D eigenvalue weighted by Crippen LogP contribution is -2.22. The summed E-state index contributed by atoms with van der Waals surface area (Å²) in [6, 6.07) is 22.5. The fourth-order valence-electron chi connectivity index (χ4n) is 3.33. The molecule has 0 aliphatic carbocycles. The molecule has 0 spiro atoms. The minimum atomic E-state index is -0.364. The Hall–Kier alpha value is -3.62. The highest BCUT2D eigenvalue weighted by Crippen LogP contribution is 2.32. The van der Waals surface area contributed by atoms with Gasteiger partial charge in [0.05, 0.1) is 18.1 Å². The topological polar surface area (TPSA) is 80.3 Å². The van der Waals surface area contributed by atoms with E-state index in [1.807, 2.05) is 79.9 Å². The van der Waals surface area contributed by atoms with Gasteiger partial charge in [0.1, 0.15) is 5.75 Å². The summed E-state index contributed by atoms with van der Waals surface area (Å²) in [5.74, 6) is 0.409. The molecule has 8 heteroatoms. The zero-order valence-electron chi connectivity index (χ0n) is 19.6. The first-order valence-corrected chi connectivity index (χ1v) is 12.7. The Bertz CT molecular complexity index is 1340. The Balaban J connectivity index is 1.37. The number of methoxy groups -OCH3 is 1. The highest BCUT2D eigenvalue weighted by Gasteiger charge is 2.17. The molecule has 2 N–H and O–H groups in total. The third-order valence-electron chi connectivity index (χ3n) is 5.20. The van der Waals surface area contributed by atoms with Gasteiger partial charge in [0.25, 0.3) is 5.91 Å². The summed E-state index contributed by atoms with van der Waals surface area (Å²) in [4.78, 5) is 30.7. The quantitative estimate of drug-likeness (QED) is 0.268. The zero-order valence-corrected chi connectivity index (χ0v) is 21.2. The van der Waals surface area contributed by atoms with E-state index in [1.165, 1.54) is 23.1 Å². The van der Waals surface area contributed by atoms with Crippen LogP contribution in [0.3, 0.4) is 0 Å². The maximum atomic E-state index is 12.8. The number of amides is 2. The maximum Gasteiger partial charge on any atom is 0.255 e. The fraction of sp³-hybridized carbons (Fsp3) is 0.148. The van der Waals surface area contributed by atoms with Crippen molar-refractivity contribution >= 4 is 45.7 Å². The second kappa shape index (κ2) is 11.2. The molecule has 3 aromatic carbocycles. The Morgan fingerprint density at radius 3 is 2.54 bits per heavy atom. The molecular weight excluding hydrogens is 478 g/mol. The number of aromatic nitrogens is 1. The molecule has 0 aliphatic heterocycles. The van der Waals surface area contributed by atoms with Crippen LogP contribution in [-0.2, 0) is 4.79 Å². The Morgan fingerprint density at radius 1 is 1.00 bits per heavy atom. The van der Waals surface area contributed by atoms with Gasteiger partial charge in [-0.15, -0.1) is 23.1 Å². The monoisotopic (exact) mass is 503 g/mol. The van der Waals surface area contributed by atoms with Crippen LogP contribution in [0.25, 0.3) is 11.3 Å². The molecule has 35 heavy (non-hydrogen) atoms. The number of aryl methyl sites for hydroxylation is 1. The molecule has 0 radical (unpaired) electrons. The molecule has 1 unspecified atom stereocenters. The van der Waals surface area contributed by atoms with Gasteiger partial charge in [0, 0.05) is 27.1 Å². The van der Waals surface area contributed by atoms with Crippen LogP contribution in [0.15, 0.2) is 83.1 Å². The van der Waals surface area contributed by atoms with Gasteiger partial charge in [0.15, 0.2) is 5.13 Å². The van der Waals surface area contributed by atoms with Crippen molar-refractivity contribution in [3.63, 3.8) is 0 Å². The Morgan fingerprint density at radius 2 is 1.77 bits per heavy atom. The molecule has 1 aromatic heterocycles. The Kier molecular flexibility index (Phi) is 7.84. The number of benzene rings is 3. The number of thiazole rings is 1. The lowest BCUT2D eigenvalue weighted by Gasteiger charge is -2.12. The van der Waals surface area contributed by atoms with Gasteiger partial charge in [-0.3, -0.25) is 9.59 Å². The number of carbonyl (C=O) groups is 2. The number of para-hydroxylation sites is 1. The van der Waals surface area contributed by atoms with Crippen LogP contribution in [0.5, 0.6) is 5.75 Å². The summed E-state index contributed by atoms with van der Waals surface area (Å²) in [5, 5.41) is 7.88. The van der Waals surface area contributed by atoms with Crippen LogP contribution in [0.4, 0.5) is 10.8 Å². The van der Waals surface area contributed by atoms with Crippen LogP contribution in [0.2, 0.25) is 0 Å². The van der Waals surface area contributed by atoms with Crippen LogP contribution in [0, 0.1) is 6.92 Å². The molecule has 2 amide bonds. The van der Waals surface area contributed by atoms with Gasteiger partial charge in [-0.1, -0.05) is 35.9 Å². The number of nitrogens with one attached hydrogen (secondary N) is 2. The molecule has 178 valence electrons. The highest BCUT2D eigenvalue weighted by molar-refractivity contribution is 8.00. The number of hydrogen-bond donors (Lipinski definition) is 2. The van der Waals surface area contributed by atoms with E-state index in [-0.39, 0.29) is 17.1 Å². The van der Waals surface area contributed by atoms with E-state index in [4.69, 9.17) is 4.74 Å². The van der Waals surface area contributed by atoms with E-state index < -0.39 is 0 Å². The van der Waals surface area contributed by atoms with Gasteiger partial charge in [0.2, 0.25) is 5.91 Å². The number of carbonyl (C=O) groups excluding carboxylic acids is 2. The van der Waals surface area contributed by atoms with Crippen LogP contribution in [0.1, 0.15) is 22.8 Å². The number of ether oxygens (including phenoxy) is 1. The number of rotatable bonds is 8. The minimum Gasteiger partial charge on any atom is -0.496 e. The summed E-state index contributed by atoms with van der Waals surface area (Å²) in [5.41, 5.74) is 3.99. The van der Waals surface area contributed by atoms with Crippen molar-refractivity contribution in [2.45, 2.75) is 24.0 Å². The number of thioether (sulfide) groups is 1. The number of hydrogen-bond acceptors (Lipinski definition) is 6. The smallest absolute Gasteiger partial charge is 0.255 e. The first kappa shape index (κ1) is 24.5. The first-order valence-electron chi connectivity index (χ1n) is 11.0. The average Bonchev–Trinajstić information content (AvgIpc) is 3.32. The normalized spacial score (nSPS) is 11.5. The van der Waals surface area contributed by atoms with E-state index in [9.17, 15) is 9.59 Å². The zero-order chi connectivity index (χ0) is 24.8. The Labute approximate surface area is 212 Å². The molecule has 4 aromatic rings. The molecule has 0 aliphatic rings. The number of anilines is 2. The highest BCUT2D eigenvalue weighted by atomic mass is 32.2. The second-order valence-corrected chi connectivity index (χ2v) is 10.1. The van der Waals surface area contributed by atoms with Gasteiger partial charge in [-0.25, -0.2) is 4.98 Å². The first-order chi connectivity index (χ1) is 16.9. The van der Waals surface area contributed by atoms with E-state index in [0.717, 1.165) is 27.5 Å². The maximum absolute atomic E-state index is 12.8. The summed E-state index contributed by atoms with van der Waals surface area (Å²) >= 11 is 2.78. The fourth-order valence-corrected chi connectivity index (χ4v) is 4.97. The summed E-state index contributed by atoms with van der Waals surface area (Å²) < 4.78 is 5.41. The van der Waals surface area contributed by atoms with Gasteiger partial charge < -0.3 is 15.4 Å². The van der Waals surface area contributed by atoms with Crippen molar-refractivity contribution in [3.8, 4) is 17.0 Å². The van der Waals surface area contributed by atoms with Gasteiger partial charge in [-0.2, -0.15) is 0 Å². The van der Waals surface area contributed by atoms with E-state index in [0.29, 0.717) is 16.4 Å². The molecule has 1 atom stereocenters. The molecule has 4 rings (SSSR count). The summed E-state index contributed by atoms with van der Waals surface area (Å²) in [6.07, 6.45) is 0. The van der Waals surface area contributed by atoms with Crippen molar-refractivity contribution in [1.29, 1.82) is 0 Å². The third kappa shape index (κ3) is 6.29. The predicted octanol–water partition coefficient (Wildman–Crippen LogP) is 6.50. The van der Waals surface area contributed by atoms with E-state index >= 15 is 0 Å². The van der Waals surface area contributed by atoms with Crippen molar-refractivity contribution in [2.24, 2.45) is 0 Å². The summed E-state index contributed by atoms with van der Waals surface area (Å²) in [7, 11) is 1.62. The minimum absolute atomic E-state index is 0.148. The van der Waals surface area contributed by atoms with Gasteiger partial charge in [-0.05, 0) is 56.3 Å². The molecule has 0 saturated heterocycles. The predicted molar refractivity (Wildman–Crippen MR) is 144 cm³/mol. The van der Waals surface area contributed by atoms with Gasteiger partial charge >= 0.3 is 0 Å². The van der Waals surface area contributed by atoms with Crippen LogP contribution >= 0.6 is 23.1 Å². The van der Waals surface area contributed by atoms with Crippen molar-refractivity contribution in [2.75, 3.05) is 17.7 Å². The standard InChI is InChI=1S/C27H25N3O3S2/c1-17-11-13-19(14-12-17)26(32)28-20-7-6-8-21(15-20)35-18(2)25(31)30-27-29-23(16-34-27)22-9-4-5-10-24(22)33-3/h4-16,18H,1-3H3,(H,28,32)(H,29,30,31).